The summed E-state index contributed by atoms with van der Waals surface area (Å²) in [5, 5.41) is 0.531. The number of rotatable bonds is 3. The summed E-state index contributed by atoms with van der Waals surface area (Å²) in [5.74, 6) is 1.09. The highest BCUT2D eigenvalue weighted by Crippen LogP contribution is 2.18. The van der Waals surface area contributed by atoms with E-state index in [-0.39, 0.29) is 5.91 Å². The third kappa shape index (κ3) is 3.03. The van der Waals surface area contributed by atoms with Crippen molar-refractivity contribution in [2.24, 2.45) is 5.73 Å². The fourth-order valence-electron chi connectivity index (χ4n) is 1.53. The number of nitrogens with two attached hydrogens (primary N) is 1. The second-order valence-electron chi connectivity index (χ2n) is 3.60. The Bertz CT molecular complexity index is 220. The molecule has 0 aromatic rings. The number of nitrogens with zero attached hydrogens (tertiary/aromatic N) is 1. The quantitative estimate of drug-likeness (QED) is 0.709. The van der Waals surface area contributed by atoms with Gasteiger partial charge in [0, 0.05) is 24.1 Å². The lowest BCUT2D eigenvalue weighted by Gasteiger charge is -2.32. The Morgan fingerprint density at radius 2 is 2.57 bits per heavy atom. The minimum Gasteiger partial charge on any atom is -0.339 e. The van der Waals surface area contributed by atoms with Gasteiger partial charge in [-0.2, -0.15) is 11.8 Å². The van der Waals surface area contributed by atoms with E-state index in [4.69, 9.17) is 5.73 Å². The SMILES string of the molecule is C=CCC(N)C(=O)N1CCSC(C)C1. The average Bonchev–Trinajstić information content (AvgIpc) is 2.17. The number of amides is 1. The van der Waals surface area contributed by atoms with Crippen LogP contribution in [0, 0.1) is 0 Å². The number of carbonyl (C=O) groups excluding carboxylic acids is 1. The normalized spacial score (nSPS) is 24.4. The molecule has 2 atom stereocenters. The molecular formula is C10H18N2OS. The van der Waals surface area contributed by atoms with Gasteiger partial charge in [-0.3, -0.25) is 4.79 Å². The van der Waals surface area contributed by atoms with E-state index in [0.29, 0.717) is 11.7 Å². The molecule has 0 spiro atoms. The van der Waals surface area contributed by atoms with Gasteiger partial charge in [-0.15, -0.1) is 6.58 Å². The topological polar surface area (TPSA) is 46.3 Å². The number of hydrogen-bond acceptors (Lipinski definition) is 3. The predicted molar refractivity (Wildman–Crippen MR) is 61.3 cm³/mol. The fraction of sp³-hybridized carbons (Fsp3) is 0.700. The first-order valence-electron chi connectivity index (χ1n) is 4.92. The lowest BCUT2D eigenvalue weighted by Crippen LogP contribution is -2.48. The summed E-state index contributed by atoms with van der Waals surface area (Å²) in [6.45, 7) is 7.39. The van der Waals surface area contributed by atoms with E-state index in [0.717, 1.165) is 18.8 Å². The molecule has 1 saturated heterocycles. The summed E-state index contributed by atoms with van der Waals surface area (Å²) in [5.41, 5.74) is 5.73. The van der Waals surface area contributed by atoms with Crippen molar-refractivity contribution in [2.75, 3.05) is 18.8 Å². The van der Waals surface area contributed by atoms with Gasteiger partial charge >= 0.3 is 0 Å². The first kappa shape index (κ1) is 11.6. The van der Waals surface area contributed by atoms with Crippen LogP contribution in [0.15, 0.2) is 12.7 Å². The number of carbonyl (C=O) groups is 1. The molecule has 0 aromatic heterocycles. The minimum absolute atomic E-state index is 0.0667. The highest BCUT2D eigenvalue weighted by Gasteiger charge is 2.24. The van der Waals surface area contributed by atoms with E-state index in [9.17, 15) is 4.79 Å². The maximum atomic E-state index is 11.8. The van der Waals surface area contributed by atoms with Gasteiger partial charge in [0.15, 0.2) is 0 Å². The second-order valence-corrected chi connectivity index (χ2v) is 5.14. The maximum absolute atomic E-state index is 11.8. The Kier molecular flexibility index (Phi) is 4.48. The Labute approximate surface area is 89.7 Å². The zero-order valence-electron chi connectivity index (χ0n) is 8.61. The molecular weight excluding hydrogens is 196 g/mol. The largest absolute Gasteiger partial charge is 0.339 e. The summed E-state index contributed by atoms with van der Waals surface area (Å²) in [7, 11) is 0. The Balaban J connectivity index is 2.46. The smallest absolute Gasteiger partial charge is 0.239 e. The molecule has 0 saturated carbocycles. The van der Waals surface area contributed by atoms with E-state index in [1.165, 1.54) is 0 Å². The van der Waals surface area contributed by atoms with Gasteiger partial charge in [0.1, 0.15) is 0 Å². The highest BCUT2D eigenvalue weighted by molar-refractivity contribution is 7.99. The molecule has 1 heterocycles. The van der Waals surface area contributed by atoms with Crippen molar-refractivity contribution >= 4 is 17.7 Å². The molecule has 2 unspecified atom stereocenters. The third-order valence-corrected chi connectivity index (χ3v) is 3.43. The van der Waals surface area contributed by atoms with E-state index in [2.05, 4.69) is 13.5 Å². The molecule has 0 bridgehead atoms. The van der Waals surface area contributed by atoms with Crippen LogP contribution in [0.4, 0.5) is 0 Å². The predicted octanol–water partition coefficient (Wildman–Crippen LogP) is 0.854. The first-order chi connectivity index (χ1) is 6.65. The molecule has 3 nitrogen and oxygen atoms in total. The van der Waals surface area contributed by atoms with E-state index >= 15 is 0 Å². The summed E-state index contributed by atoms with van der Waals surface area (Å²) >= 11 is 1.91. The van der Waals surface area contributed by atoms with Crippen molar-refractivity contribution in [3.63, 3.8) is 0 Å². The van der Waals surface area contributed by atoms with Crippen molar-refractivity contribution in [2.45, 2.75) is 24.6 Å². The van der Waals surface area contributed by atoms with Crippen molar-refractivity contribution in [3.05, 3.63) is 12.7 Å². The lowest BCUT2D eigenvalue weighted by molar-refractivity contribution is -0.132. The van der Waals surface area contributed by atoms with Gasteiger partial charge in [-0.05, 0) is 6.42 Å². The van der Waals surface area contributed by atoms with Gasteiger partial charge < -0.3 is 10.6 Å². The molecule has 14 heavy (non-hydrogen) atoms. The van der Waals surface area contributed by atoms with Crippen molar-refractivity contribution in [1.29, 1.82) is 0 Å². The first-order valence-corrected chi connectivity index (χ1v) is 5.97. The Hall–Kier alpha value is -0.480. The fourth-order valence-corrected chi connectivity index (χ4v) is 2.55. The average molecular weight is 214 g/mol. The van der Waals surface area contributed by atoms with Crippen molar-refractivity contribution in [1.82, 2.24) is 4.90 Å². The van der Waals surface area contributed by atoms with Crippen LogP contribution in [-0.4, -0.2) is 40.9 Å². The summed E-state index contributed by atoms with van der Waals surface area (Å²) in [6, 6.07) is -0.400. The molecule has 0 aliphatic carbocycles. The highest BCUT2D eigenvalue weighted by atomic mass is 32.2. The molecule has 4 heteroatoms. The summed E-state index contributed by atoms with van der Waals surface area (Å²) in [4.78, 5) is 13.6. The molecule has 1 fully saturated rings. The van der Waals surface area contributed by atoms with Gasteiger partial charge in [0.2, 0.25) is 5.91 Å². The maximum Gasteiger partial charge on any atom is 0.239 e. The van der Waals surface area contributed by atoms with Gasteiger partial charge in [0.25, 0.3) is 0 Å². The molecule has 1 amide bonds. The summed E-state index contributed by atoms with van der Waals surface area (Å²) < 4.78 is 0. The number of hydrogen-bond donors (Lipinski definition) is 1. The van der Waals surface area contributed by atoms with Gasteiger partial charge in [-0.1, -0.05) is 13.0 Å². The zero-order valence-corrected chi connectivity index (χ0v) is 9.43. The monoisotopic (exact) mass is 214 g/mol. The van der Waals surface area contributed by atoms with Crippen LogP contribution in [0.25, 0.3) is 0 Å². The Morgan fingerprint density at radius 1 is 1.86 bits per heavy atom. The molecule has 0 aromatic carbocycles. The standard InChI is InChI=1S/C10H18N2OS/c1-3-4-9(11)10(13)12-5-6-14-8(2)7-12/h3,8-9H,1,4-7,11H2,2H3. The van der Waals surface area contributed by atoms with Crippen molar-refractivity contribution in [3.8, 4) is 0 Å². The van der Waals surface area contributed by atoms with Crippen LogP contribution in [0.3, 0.4) is 0 Å². The van der Waals surface area contributed by atoms with E-state index < -0.39 is 6.04 Å². The van der Waals surface area contributed by atoms with Crippen LogP contribution in [0.5, 0.6) is 0 Å². The Morgan fingerprint density at radius 3 is 3.14 bits per heavy atom. The molecule has 2 N–H and O–H groups in total. The van der Waals surface area contributed by atoms with Crippen LogP contribution < -0.4 is 5.73 Å². The van der Waals surface area contributed by atoms with E-state index in [1.54, 1.807) is 6.08 Å². The van der Waals surface area contributed by atoms with Crippen LogP contribution >= 0.6 is 11.8 Å². The van der Waals surface area contributed by atoms with Crippen LogP contribution in [0.2, 0.25) is 0 Å². The minimum atomic E-state index is -0.400. The zero-order chi connectivity index (χ0) is 10.6. The molecule has 1 rings (SSSR count). The molecule has 80 valence electrons. The van der Waals surface area contributed by atoms with Crippen molar-refractivity contribution < 1.29 is 4.79 Å². The lowest BCUT2D eigenvalue weighted by atomic mass is 10.2. The summed E-state index contributed by atoms with van der Waals surface area (Å²) in [6.07, 6.45) is 2.27. The molecule has 1 aliphatic heterocycles. The van der Waals surface area contributed by atoms with Crippen LogP contribution in [0.1, 0.15) is 13.3 Å². The number of thioether (sulfide) groups is 1. The van der Waals surface area contributed by atoms with Crippen LogP contribution in [-0.2, 0) is 4.79 Å². The second kappa shape index (κ2) is 5.41. The van der Waals surface area contributed by atoms with E-state index in [1.807, 2.05) is 16.7 Å². The molecule has 0 radical (unpaired) electrons. The van der Waals surface area contributed by atoms with Gasteiger partial charge in [-0.25, -0.2) is 0 Å². The van der Waals surface area contributed by atoms with Gasteiger partial charge in [0.05, 0.1) is 6.04 Å². The third-order valence-electron chi connectivity index (χ3n) is 2.29. The molecule has 1 aliphatic rings.